The fourth-order valence-electron chi connectivity index (χ4n) is 3.13. The van der Waals surface area contributed by atoms with E-state index in [-0.39, 0.29) is 5.91 Å². The molecule has 8 heteroatoms. The van der Waals surface area contributed by atoms with E-state index in [9.17, 15) is 9.59 Å². The van der Waals surface area contributed by atoms with Gasteiger partial charge in [0.1, 0.15) is 5.75 Å². The summed E-state index contributed by atoms with van der Waals surface area (Å²) in [7, 11) is 1.58. The van der Waals surface area contributed by atoms with E-state index in [2.05, 4.69) is 36.8 Å². The predicted octanol–water partition coefficient (Wildman–Crippen LogP) is 6.04. The predicted molar refractivity (Wildman–Crippen MR) is 135 cm³/mol. The first-order chi connectivity index (χ1) is 15.9. The van der Waals surface area contributed by atoms with Crippen LogP contribution in [0.3, 0.4) is 0 Å². The van der Waals surface area contributed by atoms with Crippen molar-refractivity contribution in [1.29, 1.82) is 0 Å². The highest BCUT2D eigenvalue weighted by atomic mass is 79.9. The summed E-state index contributed by atoms with van der Waals surface area (Å²) in [5.41, 5.74) is 2.74. The zero-order chi connectivity index (χ0) is 23.8. The van der Waals surface area contributed by atoms with Gasteiger partial charge in [-0.05, 0) is 83.0 Å². The zero-order valence-corrected chi connectivity index (χ0v) is 21.3. The minimum absolute atomic E-state index is 0.228. The van der Waals surface area contributed by atoms with Gasteiger partial charge in [0.2, 0.25) is 0 Å². The highest BCUT2D eigenvalue weighted by Gasteiger charge is 2.16. The van der Waals surface area contributed by atoms with E-state index in [4.69, 9.17) is 9.47 Å². The van der Waals surface area contributed by atoms with Crippen LogP contribution in [0.15, 0.2) is 75.9 Å². The van der Waals surface area contributed by atoms with Crippen LogP contribution in [-0.4, -0.2) is 30.6 Å². The molecule has 0 bridgehead atoms. The van der Waals surface area contributed by atoms with Crippen LogP contribution in [0.5, 0.6) is 5.75 Å². The van der Waals surface area contributed by atoms with Crippen molar-refractivity contribution < 1.29 is 19.1 Å². The highest BCUT2D eigenvalue weighted by molar-refractivity contribution is 9.11. The molecule has 33 heavy (non-hydrogen) atoms. The number of aromatic nitrogens is 1. The summed E-state index contributed by atoms with van der Waals surface area (Å²) in [6.07, 6.45) is 6.57. The van der Waals surface area contributed by atoms with E-state index < -0.39 is 5.97 Å². The summed E-state index contributed by atoms with van der Waals surface area (Å²) in [6.45, 7) is 2.39. The molecule has 3 aromatic rings. The minimum atomic E-state index is -0.400. The number of halogens is 2. The highest BCUT2D eigenvalue weighted by Crippen LogP contribution is 2.33. The summed E-state index contributed by atoms with van der Waals surface area (Å²) in [5, 5.41) is 0. The molecule has 1 amide bonds. The summed E-state index contributed by atoms with van der Waals surface area (Å²) >= 11 is 6.94. The number of esters is 1. The van der Waals surface area contributed by atoms with Crippen molar-refractivity contribution in [3.05, 3.63) is 92.6 Å². The molecular weight excluding hydrogens is 552 g/mol. The number of pyridine rings is 1. The number of rotatable bonds is 8. The third-order valence-electron chi connectivity index (χ3n) is 4.69. The molecule has 0 aliphatic heterocycles. The van der Waals surface area contributed by atoms with Gasteiger partial charge in [-0.15, -0.1) is 0 Å². The Bertz CT molecular complexity index is 1150. The number of amides is 1. The molecule has 0 radical (unpaired) electrons. The summed E-state index contributed by atoms with van der Waals surface area (Å²) < 4.78 is 12.1. The third kappa shape index (κ3) is 6.52. The molecule has 6 nitrogen and oxygen atoms in total. The van der Waals surface area contributed by atoms with E-state index in [0.29, 0.717) is 30.2 Å². The number of nitrogens with zero attached hydrogens (tertiary/aromatic N) is 2. The fourth-order valence-corrected chi connectivity index (χ4v) is 4.55. The van der Waals surface area contributed by atoms with Crippen LogP contribution in [0.4, 0.5) is 5.69 Å². The fraction of sp³-hybridized carbons (Fsp3) is 0.160. The van der Waals surface area contributed by atoms with Crippen LogP contribution in [-0.2, 0) is 16.1 Å². The molecule has 0 aliphatic rings. The molecule has 1 heterocycles. The van der Waals surface area contributed by atoms with Gasteiger partial charge in [-0.2, -0.15) is 0 Å². The van der Waals surface area contributed by atoms with E-state index in [1.807, 2.05) is 24.3 Å². The van der Waals surface area contributed by atoms with Gasteiger partial charge in [-0.25, -0.2) is 4.79 Å². The zero-order valence-electron chi connectivity index (χ0n) is 18.1. The van der Waals surface area contributed by atoms with Gasteiger partial charge in [-0.1, -0.05) is 15.9 Å². The molecule has 0 saturated heterocycles. The van der Waals surface area contributed by atoms with Gasteiger partial charge in [0.05, 0.1) is 30.3 Å². The first kappa shape index (κ1) is 24.7. The maximum absolute atomic E-state index is 13.3. The van der Waals surface area contributed by atoms with Gasteiger partial charge in [0.15, 0.2) is 0 Å². The Morgan fingerprint density at radius 3 is 2.39 bits per heavy atom. The van der Waals surface area contributed by atoms with Crippen molar-refractivity contribution >= 4 is 55.5 Å². The molecule has 0 atom stereocenters. The Labute approximate surface area is 209 Å². The van der Waals surface area contributed by atoms with Crippen molar-refractivity contribution in [2.45, 2.75) is 13.5 Å². The standard InChI is InChI=1S/C25H22Br2N2O4/c1-3-33-25(31)18-4-7-21(8-5-18)29(16-17-10-12-28-13-11-17)23(30)9-6-19-14-20(26)15-22(27)24(19)32-2/h4-15H,3,16H2,1-2H3/b9-6+. The quantitative estimate of drug-likeness (QED) is 0.243. The lowest BCUT2D eigenvalue weighted by atomic mass is 10.1. The number of hydrogen-bond acceptors (Lipinski definition) is 5. The molecule has 1 aromatic heterocycles. The van der Waals surface area contributed by atoms with E-state index in [1.165, 1.54) is 6.08 Å². The molecular formula is C25H22Br2N2O4. The van der Waals surface area contributed by atoms with Crippen LogP contribution in [0.1, 0.15) is 28.4 Å². The topological polar surface area (TPSA) is 68.7 Å². The van der Waals surface area contributed by atoms with Crippen LogP contribution in [0.2, 0.25) is 0 Å². The average Bonchev–Trinajstić information content (AvgIpc) is 2.81. The second-order valence-corrected chi connectivity index (χ2v) is 8.66. The van der Waals surface area contributed by atoms with E-state index in [1.54, 1.807) is 61.7 Å². The van der Waals surface area contributed by atoms with E-state index in [0.717, 1.165) is 20.1 Å². The average molecular weight is 574 g/mol. The first-order valence-electron chi connectivity index (χ1n) is 10.1. The molecule has 3 rings (SSSR count). The van der Waals surface area contributed by atoms with Crippen LogP contribution >= 0.6 is 31.9 Å². The molecule has 0 saturated carbocycles. The lowest BCUT2D eigenvalue weighted by Gasteiger charge is -2.22. The van der Waals surface area contributed by atoms with Gasteiger partial charge in [-0.3, -0.25) is 9.78 Å². The minimum Gasteiger partial charge on any atom is -0.495 e. The molecule has 0 fully saturated rings. The van der Waals surface area contributed by atoms with Crippen molar-refractivity contribution in [1.82, 2.24) is 4.98 Å². The molecule has 170 valence electrons. The van der Waals surface area contributed by atoms with Gasteiger partial charge >= 0.3 is 5.97 Å². The summed E-state index contributed by atoms with van der Waals surface area (Å²) in [4.78, 5) is 30.9. The molecule has 0 spiro atoms. The molecule has 0 unspecified atom stereocenters. The number of carbonyl (C=O) groups is 2. The van der Waals surface area contributed by atoms with Gasteiger partial charge < -0.3 is 14.4 Å². The maximum atomic E-state index is 13.3. The van der Waals surface area contributed by atoms with Crippen molar-refractivity contribution in [3.63, 3.8) is 0 Å². The van der Waals surface area contributed by atoms with E-state index >= 15 is 0 Å². The van der Waals surface area contributed by atoms with Crippen LogP contribution in [0.25, 0.3) is 6.08 Å². The number of ether oxygens (including phenoxy) is 2. The maximum Gasteiger partial charge on any atom is 0.338 e. The Kier molecular flexibility index (Phi) is 8.79. The number of hydrogen-bond donors (Lipinski definition) is 0. The number of carbonyl (C=O) groups excluding carboxylic acids is 2. The lowest BCUT2D eigenvalue weighted by molar-refractivity contribution is -0.114. The first-order valence-corrected chi connectivity index (χ1v) is 11.7. The second kappa shape index (κ2) is 11.8. The normalized spacial score (nSPS) is 10.8. The van der Waals surface area contributed by atoms with Crippen LogP contribution in [0, 0.1) is 0 Å². The van der Waals surface area contributed by atoms with Gasteiger partial charge in [0, 0.05) is 34.2 Å². The summed E-state index contributed by atoms with van der Waals surface area (Å²) in [6, 6.07) is 14.2. The Morgan fingerprint density at radius 2 is 1.76 bits per heavy atom. The van der Waals surface area contributed by atoms with Crippen molar-refractivity contribution in [3.8, 4) is 5.75 Å². The van der Waals surface area contributed by atoms with Gasteiger partial charge in [0.25, 0.3) is 5.91 Å². The third-order valence-corrected chi connectivity index (χ3v) is 5.74. The Morgan fingerprint density at radius 1 is 1.06 bits per heavy atom. The number of methoxy groups -OCH3 is 1. The Hall–Kier alpha value is -2.97. The number of anilines is 1. The lowest BCUT2D eigenvalue weighted by Crippen LogP contribution is -2.28. The smallest absolute Gasteiger partial charge is 0.338 e. The molecule has 0 N–H and O–H groups in total. The van der Waals surface area contributed by atoms with Crippen molar-refractivity contribution in [2.75, 3.05) is 18.6 Å². The number of benzene rings is 2. The van der Waals surface area contributed by atoms with Crippen LogP contribution < -0.4 is 9.64 Å². The largest absolute Gasteiger partial charge is 0.495 e. The molecule has 2 aromatic carbocycles. The Balaban J connectivity index is 1.92. The SMILES string of the molecule is CCOC(=O)c1ccc(N(Cc2ccncc2)C(=O)/C=C/c2cc(Br)cc(Br)c2OC)cc1. The monoisotopic (exact) mass is 572 g/mol. The summed E-state index contributed by atoms with van der Waals surface area (Å²) in [5.74, 6) is -0.00106. The molecule has 0 aliphatic carbocycles. The van der Waals surface area contributed by atoms with Crippen molar-refractivity contribution in [2.24, 2.45) is 0 Å². The second-order valence-electron chi connectivity index (χ2n) is 6.89.